The Labute approximate surface area is 134 Å². The van der Waals surface area contributed by atoms with Crippen molar-refractivity contribution in [3.8, 4) is 0 Å². The van der Waals surface area contributed by atoms with Crippen LogP contribution in [-0.2, 0) is 11.2 Å². The van der Waals surface area contributed by atoms with Gasteiger partial charge in [-0.05, 0) is 49.1 Å². The number of anilines is 1. The fraction of sp³-hybridized carbons (Fsp3) is 0.250. The van der Waals surface area contributed by atoms with Gasteiger partial charge >= 0.3 is 0 Å². The predicted octanol–water partition coefficient (Wildman–Crippen LogP) is 4.49. The van der Waals surface area contributed by atoms with Crippen molar-refractivity contribution in [3.05, 3.63) is 56.8 Å². The average molecular weight is 323 g/mol. The normalized spacial score (nSPS) is 10.5. The molecular formula is C16H16Cl2N2O. The van der Waals surface area contributed by atoms with Crippen LogP contribution in [-0.4, -0.2) is 10.9 Å². The molecule has 0 spiro atoms. The molecule has 1 aromatic carbocycles. The number of benzene rings is 1. The number of amides is 1. The summed E-state index contributed by atoms with van der Waals surface area (Å²) in [6.45, 7) is 5.90. The fourth-order valence-electron chi connectivity index (χ4n) is 2.03. The minimum Gasteiger partial charge on any atom is -0.323 e. The highest BCUT2D eigenvalue weighted by atomic mass is 35.5. The number of halogens is 2. The summed E-state index contributed by atoms with van der Waals surface area (Å²) < 4.78 is 0. The third-order valence-electron chi connectivity index (χ3n) is 3.34. The number of carbonyl (C=O) groups is 1. The molecule has 1 N–H and O–H groups in total. The van der Waals surface area contributed by atoms with Crippen LogP contribution in [0, 0.1) is 20.8 Å². The summed E-state index contributed by atoms with van der Waals surface area (Å²) in [7, 11) is 0. The van der Waals surface area contributed by atoms with Crippen LogP contribution in [0.25, 0.3) is 0 Å². The van der Waals surface area contributed by atoms with E-state index in [0.29, 0.717) is 17.3 Å². The Bertz CT molecular complexity index is 676. The number of hydrogen-bond acceptors (Lipinski definition) is 2. The minimum absolute atomic E-state index is 0.132. The lowest BCUT2D eigenvalue weighted by Crippen LogP contribution is -2.16. The van der Waals surface area contributed by atoms with Crippen LogP contribution in [0.5, 0.6) is 0 Å². The van der Waals surface area contributed by atoms with Crippen LogP contribution < -0.4 is 5.32 Å². The molecule has 2 rings (SSSR count). The molecule has 2 aromatic rings. The van der Waals surface area contributed by atoms with Crippen molar-refractivity contribution in [2.24, 2.45) is 0 Å². The molecule has 0 aliphatic carbocycles. The third-order valence-corrected chi connectivity index (χ3v) is 3.81. The molecule has 1 heterocycles. The van der Waals surface area contributed by atoms with Crippen LogP contribution in [0.2, 0.25) is 10.3 Å². The molecule has 0 unspecified atom stereocenters. The summed E-state index contributed by atoms with van der Waals surface area (Å²) in [5, 5.41) is 3.31. The monoisotopic (exact) mass is 322 g/mol. The first-order valence-corrected chi connectivity index (χ1v) is 7.31. The standard InChI is InChI=1S/C16H16Cl2N2O/c1-9-4-5-12(6-10(9)2)8-14(21)20-15-11(3)7-13(17)19-16(15)18/h4-7H,8H2,1-3H3,(H,20,21). The van der Waals surface area contributed by atoms with Gasteiger partial charge in [0.2, 0.25) is 5.91 Å². The summed E-state index contributed by atoms with van der Waals surface area (Å²) >= 11 is 11.8. The molecule has 21 heavy (non-hydrogen) atoms. The van der Waals surface area contributed by atoms with Crippen LogP contribution >= 0.6 is 23.2 Å². The van der Waals surface area contributed by atoms with E-state index in [9.17, 15) is 4.79 Å². The molecule has 3 nitrogen and oxygen atoms in total. The Morgan fingerprint density at radius 2 is 1.81 bits per heavy atom. The van der Waals surface area contributed by atoms with Gasteiger partial charge in [0, 0.05) is 0 Å². The van der Waals surface area contributed by atoms with Crippen molar-refractivity contribution in [1.82, 2.24) is 4.98 Å². The lowest BCUT2D eigenvalue weighted by molar-refractivity contribution is -0.115. The maximum absolute atomic E-state index is 12.1. The van der Waals surface area contributed by atoms with Crippen molar-refractivity contribution in [2.45, 2.75) is 27.2 Å². The first kappa shape index (κ1) is 15.8. The van der Waals surface area contributed by atoms with Gasteiger partial charge < -0.3 is 5.32 Å². The number of carbonyl (C=O) groups excluding carboxylic acids is 1. The quantitative estimate of drug-likeness (QED) is 0.845. The molecule has 1 aromatic heterocycles. The smallest absolute Gasteiger partial charge is 0.228 e. The zero-order valence-corrected chi connectivity index (χ0v) is 13.6. The van der Waals surface area contributed by atoms with Gasteiger partial charge in [-0.3, -0.25) is 4.79 Å². The first-order valence-electron chi connectivity index (χ1n) is 6.55. The second-order valence-electron chi connectivity index (χ2n) is 5.07. The molecule has 0 fully saturated rings. The molecule has 0 aliphatic rings. The van der Waals surface area contributed by atoms with Gasteiger partial charge in [0.15, 0.2) is 5.15 Å². The SMILES string of the molecule is Cc1ccc(CC(=O)Nc2c(C)cc(Cl)nc2Cl)cc1C. The Morgan fingerprint density at radius 3 is 2.43 bits per heavy atom. The number of aryl methyl sites for hydroxylation is 3. The third kappa shape index (κ3) is 3.96. The molecule has 0 saturated carbocycles. The highest BCUT2D eigenvalue weighted by Gasteiger charge is 2.12. The second kappa shape index (κ2) is 6.46. The van der Waals surface area contributed by atoms with E-state index >= 15 is 0 Å². The number of rotatable bonds is 3. The van der Waals surface area contributed by atoms with Crippen molar-refractivity contribution >= 4 is 34.8 Å². The lowest BCUT2D eigenvalue weighted by atomic mass is 10.0. The predicted molar refractivity (Wildman–Crippen MR) is 87.2 cm³/mol. The molecule has 0 atom stereocenters. The number of aromatic nitrogens is 1. The fourth-order valence-corrected chi connectivity index (χ4v) is 2.61. The summed E-state index contributed by atoms with van der Waals surface area (Å²) in [6.07, 6.45) is 0.291. The molecule has 5 heteroatoms. The van der Waals surface area contributed by atoms with Crippen LogP contribution in [0.15, 0.2) is 24.3 Å². The molecule has 110 valence electrons. The van der Waals surface area contributed by atoms with Gasteiger partial charge in [-0.2, -0.15) is 0 Å². The summed E-state index contributed by atoms with van der Waals surface area (Å²) in [6, 6.07) is 7.65. The van der Waals surface area contributed by atoms with Crippen molar-refractivity contribution in [3.63, 3.8) is 0 Å². The van der Waals surface area contributed by atoms with Gasteiger partial charge in [-0.1, -0.05) is 41.4 Å². The van der Waals surface area contributed by atoms with E-state index in [2.05, 4.69) is 10.3 Å². The van der Waals surface area contributed by atoms with Gasteiger partial charge in [0.1, 0.15) is 5.15 Å². The molecule has 0 saturated heterocycles. The molecule has 1 amide bonds. The largest absolute Gasteiger partial charge is 0.323 e. The van der Waals surface area contributed by atoms with E-state index in [1.165, 1.54) is 11.1 Å². The van der Waals surface area contributed by atoms with Crippen molar-refractivity contribution < 1.29 is 4.79 Å². The van der Waals surface area contributed by atoms with Gasteiger partial charge in [-0.15, -0.1) is 0 Å². The number of hydrogen-bond donors (Lipinski definition) is 1. The minimum atomic E-state index is -0.132. The Morgan fingerprint density at radius 1 is 1.10 bits per heavy atom. The average Bonchev–Trinajstić information content (AvgIpc) is 2.38. The second-order valence-corrected chi connectivity index (χ2v) is 5.82. The number of nitrogens with one attached hydrogen (secondary N) is 1. The zero-order valence-electron chi connectivity index (χ0n) is 12.1. The van der Waals surface area contributed by atoms with Gasteiger partial charge in [-0.25, -0.2) is 4.98 Å². The van der Waals surface area contributed by atoms with E-state index in [-0.39, 0.29) is 11.1 Å². The summed E-state index contributed by atoms with van der Waals surface area (Å²) in [4.78, 5) is 16.1. The van der Waals surface area contributed by atoms with E-state index < -0.39 is 0 Å². The molecule has 0 aliphatic heterocycles. The Balaban J connectivity index is 2.13. The van der Waals surface area contributed by atoms with Crippen LogP contribution in [0.3, 0.4) is 0 Å². The summed E-state index contributed by atoms with van der Waals surface area (Å²) in [5.74, 6) is -0.132. The molecule has 0 bridgehead atoms. The van der Waals surface area contributed by atoms with E-state index in [1.54, 1.807) is 6.07 Å². The van der Waals surface area contributed by atoms with E-state index in [4.69, 9.17) is 23.2 Å². The maximum Gasteiger partial charge on any atom is 0.228 e. The lowest BCUT2D eigenvalue weighted by Gasteiger charge is -2.11. The topological polar surface area (TPSA) is 42.0 Å². The maximum atomic E-state index is 12.1. The van der Waals surface area contributed by atoms with Crippen LogP contribution in [0.1, 0.15) is 22.3 Å². The van der Waals surface area contributed by atoms with Crippen molar-refractivity contribution in [1.29, 1.82) is 0 Å². The van der Waals surface area contributed by atoms with Crippen molar-refractivity contribution in [2.75, 3.05) is 5.32 Å². The van der Waals surface area contributed by atoms with E-state index in [0.717, 1.165) is 11.1 Å². The highest BCUT2D eigenvalue weighted by molar-refractivity contribution is 6.34. The Kier molecular flexibility index (Phi) is 4.86. The van der Waals surface area contributed by atoms with E-state index in [1.807, 2.05) is 39.0 Å². The van der Waals surface area contributed by atoms with Gasteiger partial charge in [0.25, 0.3) is 0 Å². The first-order chi connectivity index (χ1) is 9.86. The summed E-state index contributed by atoms with van der Waals surface area (Å²) in [5.41, 5.74) is 4.64. The number of nitrogens with zero attached hydrogens (tertiary/aromatic N) is 1. The van der Waals surface area contributed by atoms with Gasteiger partial charge in [0.05, 0.1) is 12.1 Å². The Hall–Kier alpha value is -1.58. The number of pyridine rings is 1. The molecular weight excluding hydrogens is 307 g/mol. The molecule has 0 radical (unpaired) electrons. The zero-order chi connectivity index (χ0) is 15.6. The highest BCUT2D eigenvalue weighted by Crippen LogP contribution is 2.26. The van der Waals surface area contributed by atoms with Crippen LogP contribution in [0.4, 0.5) is 5.69 Å².